The van der Waals surface area contributed by atoms with Crippen LogP contribution in [0.25, 0.3) is 10.9 Å². The number of nitrogens with one attached hydrogen (secondary N) is 4. The average Bonchev–Trinajstić information content (AvgIpc) is 3.07. The zero-order valence-electron chi connectivity index (χ0n) is 28.5. The number of aromatic nitrogens is 1. The lowest BCUT2D eigenvalue weighted by Crippen LogP contribution is -2.59. The number of carboxylic acid groups (broad SMARTS) is 2. The Balaban J connectivity index is 1.88. The number of sulfone groups is 1. The number of alkyl carbamates (subject to hydrolysis) is 1. The predicted octanol–water partition coefficient (Wildman–Crippen LogP) is 1.14. The highest BCUT2D eigenvalue weighted by atomic mass is 32.2. The Morgan fingerprint density at radius 2 is 1.40 bits per heavy atom. The van der Waals surface area contributed by atoms with Crippen LogP contribution in [0.5, 0.6) is 0 Å². The van der Waals surface area contributed by atoms with Gasteiger partial charge in [0.05, 0.1) is 24.6 Å². The van der Waals surface area contributed by atoms with E-state index in [0.29, 0.717) is 16.8 Å². The largest absolute Gasteiger partial charge is 0.481 e. The molecule has 0 aliphatic heterocycles. The molecule has 0 aliphatic rings. The molecule has 3 aromatic rings. The summed E-state index contributed by atoms with van der Waals surface area (Å²) in [6.07, 6.45) is -2.14. The Morgan fingerprint density at radius 1 is 0.769 bits per heavy atom. The van der Waals surface area contributed by atoms with Crippen molar-refractivity contribution in [3.05, 3.63) is 78.0 Å². The van der Waals surface area contributed by atoms with Gasteiger partial charge in [-0.3, -0.25) is 29.0 Å². The maximum absolute atomic E-state index is 13.8. The first-order valence-corrected chi connectivity index (χ1v) is 17.8. The minimum atomic E-state index is -3.84. The van der Waals surface area contributed by atoms with Crippen molar-refractivity contribution in [3.63, 3.8) is 0 Å². The van der Waals surface area contributed by atoms with Crippen molar-refractivity contribution in [2.45, 2.75) is 63.9 Å². The summed E-state index contributed by atoms with van der Waals surface area (Å²) in [6, 6.07) is 13.2. The first-order chi connectivity index (χ1) is 24.5. The van der Waals surface area contributed by atoms with Crippen molar-refractivity contribution in [2.24, 2.45) is 5.92 Å². The molecule has 1 heterocycles. The van der Waals surface area contributed by atoms with E-state index in [-0.39, 0.29) is 13.0 Å². The van der Waals surface area contributed by atoms with Crippen LogP contribution in [0.3, 0.4) is 0 Å². The van der Waals surface area contributed by atoms with E-state index in [0.717, 1.165) is 11.6 Å². The standard InChI is InChI=1S/C35H39N5O11S/c1-21(2)31(34(47)37-25(18-29(41)42)15-16-52(3,49)50)40-33(46)27(17-24-14-13-23-11-7-8-12-26(23)36-24)38-32(45)28(19-30(43)44)39-35(48)51-20-22-9-5-4-6-10-22/h4-14,21,25,27-28,31H,17-20H2,1-3H3,(H,37,47)(H,38,45)(H,39,48)(H,40,46)(H,41,42)(H,43,44)/t25-,27+,28+,31+/m1/s1. The summed E-state index contributed by atoms with van der Waals surface area (Å²) >= 11 is 0. The Kier molecular flexibility index (Phi) is 14.6. The molecule has 0 bridgehead atoms. The van der Waals surface area contributed by atoms with Crippen LogP contribution < -0.4 is 21.3 Å². The monoisotopic (exact) mass is 737 g/mol. The number of aliphatic carboxylic acids is 2. The molecule has 3 rings (SSSR count). The molecule has 0 saturated heterocycles. The van der Waals surface area contributed by atoms with Crippen molar-refractivity contribution in [1.29, 1.82) is 0 Å². The molecule has 0 radical (unpaired) electrons. The molecule has 6 N–H and O–H groups in total. The third-order valence-corrected chi connectivity index (χ3v) is 7.75. The number of fused-ring (bicyclic) bond motifs is 1. The molecule has 1 aromatic heterocycles. The first-order valence-electron chi connectivity index (χ1n) is 15.9. The molecule has 0 spiro atoms. The van der Waals surface area contributed by atoms with Crippen molar-refractivity contribution >= 4 is 56.5 Å². The van der Waals surface area contributed by atoms with Gasteiger partial charge >= 0.3 is 18.0 Å². The van der Waals surface area contributed by atoms with Gasteiger partial charge in [-0.05, 0) is 23.6 Å². The van der Waals surface area contributed by atoms with Crippen molar-refractivity contribution in [1.82, 2.24) is 26.3 Å². The lowest BCUT2D eigenvalue weighted by Gasteiger charge is -2.27. The third-order valence-electron chi connectivity index (χ3n) is 7.26. The van der Waals surface area contributed by atoms with Crippen molar-refractivity contribution in [2.75, 3.05) is 6.26 Å². The molecule has 16 nitrogen and oxygen atoms in total. The van der Waals surface area contributed by atoms with Gasteiger partial charge < -0.3 is 36.2 Å². The fourth-order valence-corrected chi connectivity index (χ4v) is 5.10. The van der Waals surface area contributed by atoms with E-state index in [4.69, 9.17) is 4.74 Å². The zero-order chi connectivity index (χ0) is 38.4. The Hall–Kier alpha value is -6.02. The second-order valence-corrected chi connectivity index (χ2v) is 13.8. The number of carboxylic acids is 2. The molecule has 0 unspecified atom stereocenters. The van der Waals surface area contributed by atoms with Crippen LogP contribution in [0.4, 0.5) is 4.79 Å². The highest BCUT2D eigenvalue weighted by Crippen LogP contribution is 2.14. The molecule has 0 fully saturated rings. The number of rotatable bonds is 16. The van der Waals surface area contributed by atoms with E-state index >= 15 is 0 Å². The smallest absolute Gasteiger partial charge is 0.408 e. The Morgan fingerprint density at radius 3 is 2.04 bits per heavy atom. The quantitative estimate of drug-likeness (QED) is 0.0895. The summed E-state index contributed by atoms with van der Waals surface area (Å²) in [5.41, 5.74) is 1.56. The molecule has 4 atom stereocenters. The molecule has 0 saturated carbocycles. The molecule has 4 amide bonds. The Labute approximate surface area is 299 Å². The second kappa shape index (κ2) is 18.8. The summed E-state index contributed by atoms with van der Waals surface area (Å²) in [7, 11) is -3.84. The molecule has 0 aliphatic carbocycles. The summed E-state index contributed by atoms with van der Waals surface area (Å²) in [5.74, 6) is -4.08. The fraction of sp³-hybridized carbons (Fsp3) is 0.343. The van der Waals surface area contributed by atoms with E-state index in [2.05, 4.69) is 32.2 Å². The van der Waals surface area contributed by atoms with Crippen LogP contribution in [-0.2, 0) is 51.6 Å². The summed E-state index contributed by atoms with van der Waals surface area (Å²) in [5, 5.41) is 31.0. The van der Waals surface area contributed by atoms with Crippen LogP contribution in [0, 0.1) is 17.1 Å². The van der Waals surface area contributed by atoms with E-state index < -0.39 is 88.5 Å². The predicted molar refractivity (Wildman–Crippen MR) is 187 cm³/mol. The van der Waals surface area contributed by atoms with Gasteiger partial charge in [-0.2, -0.15) is 0 Å². The van der Waals surface area contributed by atoms with Gasteiger partial charge in [-0.15, -0.1) is 0 Å². The van der Waals surface area contributed by atoms with Crippen molar-refractivity contribution < 1.29 is 52.1 Å². The fourth-order valence-electron chi connectivity index (χ4n) is 4.74. The van der Waals surface area contributed by atoms with Gasteiger partial charge in [0.1, 0.15) is 30.8 Å². The van der Waals surface area contributed by atoms with E-state index in [1.807, 2.05) is 17.4 Å². The Bertz CT molecular complexity index is 1960. The lowest BCUT2D eigenvalue weighted by molar-refractivity contribution is -0.140. The van der Waals surface area contributed by atoms with E-state index in [1.165, 1.54) is 0 Å². The molecule has 17 heteroatoms. The number of amides is 4. The number of benzene rings is 2. The lowest BCUT2D eigenvalue weighted by atomic mass is 10.0. The SMILES string of the molecule is CC(C)[C@H](NC(=O)[C@H](Cc1ccc2ccccc2n1)NC(=O)[C@H](CC(=O)O)NC(=O)OCc1ccccc1)C(=O)N[C@H](C#CS(C)(=O)=O)CC(=O)O. The van der Waals surface area contributed by atoms with E-state index in [1.54, 1.807) is 68.4 Å². The number of ether oxygens (including phenoxy) is 1. The van der Waals surface area contributed by atoms with Crippen LogP contribution in [0.2, 0.25) is 0 Å². The van der Waals surface area contributed by atoms with Gasteiger partial charge in [0.25, 0.3) is 0 Å². The second-order valence-electron chi connectivity index (χ2n) is 12.0. The highest BCUT2D eigenvalue weighted by Gasteiger charge is 2.33. The van der Waals surface area contributed by atoms with Crippen LogP contribution in [-0.4, -0.2) is 89.8 Å². The third kappa shape index (κ3) is 13.7. The number of nitrogens with zero attached hydrogens (tertiary/aromatic N) is 1. The number of hydrogen-bond donors (Lipinski definition) is 6. The number of carbonyl (C=O) groups is 6. The number of carbonyl (C=O) groups excluding carboxylic acids is 4. The topological polar surface area (TPSA) is 247 Å². The van der Waals surface area contributed by atoms with Gasteiger partial charge in [-0.1, -0.05) is 74.4 Å². The van der Waals surface area contributed by atoms with Crippen LogP contribution >= 0.6 is 0 Å². The number of pyridine rings is 1. The van der Waals surface area contributed by atoms with Crippen LogP contribution in [0.1, 0.15) is 37.9 Å². The van der Waals surface area contributed by atoms with Gasteiger partial charge in [0, 0.05) is 22.8 Å². The minimum absolute atomic E-state index is 0.168. The first kappa shape index (κ1) is 40.4. The highest BCUT2D eigenvalue weighted by molar-refractivity contribution is 7.95. The van der Waals surface area contributed by atoms with Gasteiger partial charge in [-0.25, -0.2) is 13.2 Å². The molecular weight excluding hydrogens is 698 g/mol. The molecule has 52 heavy (non-hydrogen) atoms. The molecule has 2 aromatic carbocycles. The van der Waals surface area contributed by atoms with Gasteiger partial charge in [0.2, 0.25) is 27.6 Å². The average molecular weight is 738 g/mol. The summed E-state index contributed by atoms with van der Waals surface area (Å²) in [6.45, 7) is 2.98. The maximum Gasteiger partial charge on any atom is 0.408 e. The maximum atomic E-state index is 13.8. The van der Waals surface area contributed by atoms with E-state index in [9.17, 15) is 47.4 Å². The zero-order valence-corrected chi connectivity index (χ0v) is 29.3. The summed E-state index contributed by atoms with van der Waals surface area (Å²) in [4.78, 5) is 80.9. The van der Waals surface area contributed by atoms with Crippen LogP contribution in [0.15, 0.2) is 66.7 Å². The molecule has 276 valence electrons. The minimum Gasteiger partial charge on any atom is -0.481 e. The van der Waals surface area contributed by atoms with Crippen molar-refractivity contribution in [3.8, 4) is 11.2 Å². The molecular formula is C35H39N5O11S. The number of hydrogen-bond acceptors (Lipinski definition) is 10. The summed E-state index contributed by atoms with van der Waals surface area (Å²) < 4.78 is 28.2. The van der Waals surface area contributed by atoms with Gasteiger partial charge in [0.15, 0.2) is 0 Å². The normalized spacial score (nSPS) is 13.3. The number of para-hydroxylation sites is 1.